The van der Waals surface area contributed by atoms with Gasteiger partial charge in [0.15, 0.2) is 51.3 Å². The Morgan fingerprint density at radius 2 is 1.10 bits per heavy atom. The van der Waals surface area contributed by atoms with Crippen LogP contribution in [0.15, 0.2) is 37.8 Å². The molecule has 3 aromatic carbocycles. The normalized spacial score (nSPS) is 27.4. The standard InChI is InChI=1S/C24H25FN6O7S.C23H24FN5O6S.C18H14N4O5S.C5H11NO.H2/c1-9-7-30-16-12(5-24(18(30)10(2)37-9)20(33)27-22(35)28-21(24)34)4-14-17(15(16)25)38-29-19(14)31-8-13(39-23(31)36)6-26-11(3)32;1-4-12-8-29(22(33)36-12)18-13-5-11-6-23(19(30)25-21(32)26-20(23)31)17-10(3)34-9(2)7-28(17)15(11)14(24)16(13)35-27-18;1-8-7-22(18(26)28-8)16-12-4-9(2-10(6-19)15(12)27-21-16)3-11-13(23)5-14(24)20-17(11)25;1-5-4-6-2-3-7-5;/h4,9-10,13,18H,5-8H2,1-3H3,(H,26,32)(H2,27,28,33,34,35);5,9-10,12,17H,4,6-8H2,1-3H3,(H2,25,26,30,31,32);2,4,8,11H,3,5,7H2,1H3,(H,20,24,25);5-6H,2-4H2,1H3;1H/t9-,10+,13+,18-;9-,10+,12-,17-;8-,11?;5-;/m1100./s1. The summed E-state index contributed by atoms with van der Waals surface area (Å²) in [5, 5.41) is 38.5. The summed E-state index contributed by atoms with van der Waals surface area (Å²) in [6.45, 7) is 19.1. The SMILES string of the molecule is CC(=O)NC[C@H]1CN(c2noc3c(F)c4c(cc23)CC2(C(=O)NC(=O)NC2=O)[C@H]2[C@H](C)O[C@H](C)CN42)C(=O)S1.CC[C@@H]1CN(c2noc3c(F)c4c(cc23)CC2(C(=O)NC(=O)NC2=O)[C@H]2[C@H](C)O[C@H](C)CN42)C(=O)S1.C[C@H]1CN(c2noc3c(C#N)cc(CC4C(=O)CC(=O)NC4=O)cc23)C(=O)S1.C[C@H]1CNCCO1.[HH]. The second kappa shape index (κ2) is 29.9. The molecule has 11 atom stereocenters. The van der Waals surface area contributed by atoms with Crippen LogP contribution >= 0.6 is 35.3 Å². The van der Waals surface area contributed by atoms with Crippen molar-refractivity contribution >= 4 is 172 Å². The summed E-state index contributed by atoms with van der Waals surface area (Å²) < 4.78 is 65.7. The second-order valence-corrected chi connectivity index (χ2v) is 32.5. The fourth-order valence-corrected chi connectivity index (χ4v) is 19.1. The number of urea groups is 2. The molecule has 0 radical (unpaired) electrons. The van der Waals surface area contributed by atoms with Crippen LogP contribution in [0.2, 0.25) is 0 Å². The van der Waals surface area contributed by atoms with E-state index in [2.05, 4.69) is 59.6 Å². The number of fused-ring (bicyclic) bond motifs is 11. The Labute approximate surface area is 637 Å². The Bertz CT molecular complexity index is 4930. The topological polar surface area (TPSA) is 452 Å². The molecule has 9 fully saturated rings. The van der Waals surface area contributed by atoms with E-state index >= 15 is 8.78 Å². The number of rotatable bonds is 8. The van der Waals surface area contributed by atoms with Crippen molar-refractivity contribution in [3.8, 4) is 6.07 Å². The zero-order valence-electron chi connectivity index (χ0n) is 60.3. The number of thioether (sulfide) groups is 3. The first-order valence-electron chi connectivity index (χ1n) is 35.5. The number of halogens is 2. The smallest absolute Gasteiger partial charge is 0.328 e. The number of nitrogens with zero attached hydrogens (tertiary/aromatic N) is 9. The Morgan fingerprint density at radius 3 is 1.53 bits per heavy atom. The van der Waals surface area contributed by atoms with Crippen LogP contribution in [0.1, 0.15) is 91.9 Å². The van der Waals surface area contributed by atoms with E-state index in [4.69, 9.17) is 27.8 Å². The third kappa shape index (κ3) is 13.6. The maximum Gasteiger partial charge on any atom is 0.328 e. The average Bonchev–Trinajstić information content (AvgIpc) is 1.54. The number of amides is 14. The largest absolute Gasteiger partial charge is 0.376 e. The zero-order valence-corrected chi connectivity index (χ0v) is 62.8. The average molecular weight is 1580 g/mol. The summed E-state index contributed by atoms with van der Waals surface area (Å²) in [5.74, 6) is -6.85. The van der Waals surface area contributed by atoms with Crippen molar-refractivity contribution in [2.75, 3.05) is 83.5 Å². The number of piperidine rings is 1. The number of nitrogens with one attached hydrogen (secondary N) is 7. The highest BCUT2D eigenvalue weighted by Crippen LogP contribution is 2.53. The fourth-order valence-electron chi connectivity index (χ4n) is 16.3. The molecular weight excluding hydrogens is 1500 g/mol. The van der Waals surface area contributed by atoms with Gasteiger partial charge in [-0.25, -0.2) is 18.4 Å². The van der Waals surface area contributed by atoms with Gasteiger partial charge in [-0.1, -0.05) is 64.6 Å². The molecule has 35 nitrogen and oxygen atoms in total. The molecule has 3 aromatic heterocycles. The quantitative estimate of drug-likeness (QED) is 0.0767. The predicted octanol–water partition coefficient (Wildman–Crippen LogP) is 5.12. The van der Waals surface area contributed by atoms with Crippen molar-refractivity contribution in [3.63, 3.8) is 0 Å². The van der Waals surface area contributed by atoms with E-state index in [1.807, 2.05) is 26.8 Å². The molecule has 9 saturated heterocycles. The van der Waals surface area contributed by atoms with E-state index < -0.39 is 106 Å². The number of benzene rings is 3. The molecule has 0 saturated carbocycles. The van der Waals surface area contributed by atoms with Gasteiger partial charge in [-0.15, -0.1) is 0 Å². The Balaban J connectivity index is 0.000000140. The monoisotopic (exact) mass is 1580 g/mol. The van der Waals surface area contributed by atoms with Crippen LogP contribution in [-0.2, 0) is 71.8 Å². The van der Waals surface area contributed by atoms with E-state index in [0.29, 0.717) is 47.1 Å². The Hall–Kier alpha value is -10.2. The van der Waals surface area contributed by atoms with Crippen molar-refractivity contribution in [3.05, 3.63) is 58.2 Å². The van der Waals surface area contributed by atoms with Gasteiger partial charge in [0.05, 0.1) is 88.7 Å². The highest BCUT2D eigenvalue weighted by Gasteiger charge is 2.65. The van der Waals surface area contributed by atoms with Gasteiger partial charge in [0.25, 0.3) is 15.7 Å². The molecule has 7 N–H and O–H groups in total. The van der Waals surface area contributed by atoms with Gasteiger partial charge in [0.2, 0.25) is 52.5 Å². The summed E-state index contributed by atoms with van der Waals surface area (Å²) >= 11 is 3.41. The van der Waals surface area contributed by atoms with Gasteiger partial charge in [0.1, 0.15) is 12.0 Å². The second-order valence-electron chi connectivity index (χ2n) is 28.7. The third-order valence-electron chi connectivity index (χ3n) is 21.0. The first-order valence-corrected chi connectivity index (χ1v) is 38.2. The van der Waals surface area contributed by atoms with Crippen molar-refractivity contribution in [2.24, 2.45) is 16.7 Å². The van der Waals surface area contributed by atoms with Gasteiger partial charge in [-0.05, 0) is 88.4 Å². The van der Waals surface area contributed by atoms with Crippen molar-refractivity contribution in [1.29, 1.82) is 5.26 Å². The maximum atomic E-state index is 16.2. The Morgan fingerprint density at radius 1 is 0.627 bits per heavy atom. The van der Waals surface area contributed by atoms with Crippen LogP contribution in [0.3, 0.4) is 0 Å². The molecule has 14 amide bonds. The van der Waals surface area contributed by atoms with Crippen LogP contribution in [0, 0.1) is 39.7 Å². The fraction of sp³-hybridized carbons (Fsp3) is 0.500. The lowest BCUT2D eigenvalue weighted by Crippen LogP contribution is -2.75. The molecule has 0 aliphatic carbocycles. The van der Waals surface area contributed by atoms with Crippen LogP contribution in [0.4, 0.5) is 61.6 Å². The lowest BCUT2D eigenvalue weighted by Gasteiger charge is -2.55. The number of ketones is 1. The molecule has 582 valence electrons. The molecule has 17 rings (SSSR count). The summed E-state index contributed by atoms with van der Waals surface area (Å²) in [7, 11) is 0. The zero-order chi connectivity index (χ0) is 78.4. The molecule has 2 spiro atoms. The molecule has 11 aliphatic rings. The first kappa shape index (κ1) is 76.6. The summed E-state index contributed by atoms with van der Waals surface area (Å²) in [6.07, 6.45) is -1.45. The van der Waals surface area contributed by atoms with Crippen molar-refractivity contribution in [2.45, 2.75) is 146 Å². The van der Waals surface area contributed by atoms with Crippen molar-refractivity contribution in [1.82, 2.24) is 52.7 Å². The van der Waals surface area contributed by atoms with E-state index in [0.717, 1.165) is 37.9 Å². The molecule has 0 bridgehead atoms. The third-order valence-corrected chi connectivity index (χ3v) is 24.3. The minimum absolute atomic E-state index is 0. The van der Waals surface area contributed by atoms with E-state index in [1.54, 1.807) is 48.8 Å². The lowest BCUT2D eigenvalue weighted by atomic mass is 9.66. The number of imide groups is 5. The number of barbiturate groups is 2. The number of ether oxygens (including phenoxy) is 3. The maximum absolute atomic E-state index is 16.2. The molecular formula is C70H76F2N16O19S3. The Kier molecular flexibility index (Phi) is 20.8. The molecule has 110 heavy (non-hydrogen) atoms. The molecule has 1 unspecified atom stereocenters. The van der Waals surface area contributed by atoms with Crippen molar-refractivity contribution < 1.29 is 100 Å². The first-order chi connectivity index (χ1) is 52.4. The summed E-state index contributed by atoms with van der Waals surface area (Å²) in [4.78, 5) is 169. The predicted molar refractivity (Wildman–Crippen MR) is 392 cm³/mol. The van der Waals surface area contributed by atoms with E-state index in [9.17, 15) is 67.6 Å². The van der Waals surface area contributed by atoms with E-state index in [1.165, 1.54) is 51.2 Å². The van der Waals surface area contributed by atoms with Gasteiger partial charge < -0.3 is 48.2 Å². The van der Waals surface area contributed by atoms with Crippen LogP contribution in [-0.4, -0.2) is 208 Å². The van der Waals surface area contributed by atoms with Crippen LogP contribution in [0.25, 0.3) is 32.9 Å². The number of hydrogen-bond donors (Lipinski definition) is 7. The highest BCUT2D eigenvalue weighted by molar-refractivity contribution is 8.15. The van der Waals surface area contributed by atoms with Gasteiger partial charge in [-0.3, -0.25) is 94.0 Å². The van der Waals surface area contributed by atoms with Crippen LogP contribution in [0.5, 0.6) is 0 Å². The number of nitriles is 1. The molecule has 6 aromatic rings. The summed E-state index contributed by atoms with van der Waals surface area (Å²) in [5.41, 5.74) is -1.72. The van der Waals surface area contributed by atoms with Gasteiger partial charge in [-0.2, -0.15) is 5.26 Å². The highest BCUT2D eigenvalue weighted by atomic mass is 32.2. The number of carbonyl (C=O) groups excluding carboxylic acids is 13. The minimum Gasteiger partial charge on any atom is -0.376 e. The van der Waals surface area contributed by atoms with Gasteiger partial charge >= 0.3 is 12.1 Å². The molecule has 40 heteroatoms. The van der Waals surface area contributed by atoms with E-state index in [-0.39, 0.29) is 159 Å². The number of Topliss-reactive ketones (excluding diaryl/α,β-unsaturated/α-hetero) is 1. The number of aromatic nitrogens is 3. The number of carbonyl (C=O) groups is 13. The lowest BCUT2D eigenvalue weighted by molar-refractivity contribution is -0.154. The molecule has 14 heterocycles. The molecule has 11 aliphatic heterocycles. The number of anilines is 5. The minimum atomic E-state index is -1.78. The number of hydrogen-bond acceptors (Lipinski definition) is 29. The van der Waals surface area contributed by atoms with Crippen LogP contribution < -0.4 is 61.7 Å². The van der Waals surface area contributed by atoms with Gasteiger partial charge in [0, 0.05) is 89.3 Å². The number of morpholine rings is 3. The summed E-state index contributed by atoms with van der Waals surface area (Å²) in [6, 6.07) is 4.83.